The highest BCUT2D eigenvalue weighted by atomic mass is 32.1. The average molecular weight is 317 g/mol. The highest BCUT2D eigenvalue weighted by Crippen LogP contribution is 2.17. The maximum atomic E-state index is 5.79. The van der Waals surface area contributed by atoms with Crippen LogP contribution in [0.5, 0.6) is 5.75 Å². The third kappa shape index (κ3) is 4.29. The molecule has 0 saturated carbocycles. The second kappa shape index (κ2) is 7.22. The summed E-state index contributed by atoms with van der Waals surface area (Å²) in [5.41, 5.74) is 2.34. The lowest BCUT2D eigenvalue weighted by molar-refractivity contribution is 0.199. The number of piperazine rings is 1. The first-order valence-corrected chi connectivity index (χ1v) is 8.65. The average Bonchev–Trinajstić information content (AvgIpc) is 2.92. The molecule has 0 aliphatic carbocycles. The van der Waals surface area contributed by atoms with Gasteiger partial charge in [-0.25, -0.2) is 4.98 Å². The van der Waals surface area contributed by atoms with Gasteiger partial charge < -0.3 is 10.1 Å². The van der Waals surface area contributed by atoms with Crippen molar-refractivity contribution in [2.24, 2.45) is 0 Å². The van der Waals surface area contributed by atoms with E-state index in [9.17, 15) is 0 Å². The summed E-state index contributed by atoms with van der Waals surface area (Å²) in [6.07, 6.45) is 0. The summed E-state index contributed by atoms with van der Waals surface area (Å²) in [6, 6.07) is 9.01. The van der Waals surface area contributed by atoms with Crippen molar-refractivity contribution >= 4 is 11.3 Å². The maximum Gasteiger partial charge on any atom is 0.131 e. The van der Waals surface area contributed by atoms with Crippen molar-refractivity contribution in [3.63, 3.8) is 0 Å². The zero-order valence-electron chi connectivity index (χ0n) is 13.2. The minimum atomic E-state index is 0.541. The van der Waals surface area contributed by atoms with Crippen molar-refractivity contribution < 1.29 is 4.74 Å². The monoisotopic (exact) mass is 317 g/mol. The first-order chi connectivity index (χ1) is 10.7. The van der Waals surface area contributed by atoms with Crippen molar-refractivity contribution in [1.82, 2.24) is 15.2 Å². The third-order valence-corrected chi connectivity index (χ3v) is 4.66. The summed E-state index contributed by atoms with van der Waals surface area (Å²) in [5, 5.41) is 6.61. The molecule has 1 atom stereocenters. The van der Waals surface area contributed by atoms with Gasteiger partial charge in [-0.15, -0.1) is 11.3 Å². The lowest BCUT2D eigenvalue weighted by Crippen LogP contribution is -2.48. The van der Waals surface area contributed by atoms with E-state index in [2.05, 4.69) is 51.8 Å². The quantitative estimate of drug-likeness (QED) is 0.920. The van der Waals surface area contributed by atoms with Gasteiger partial charge in [-0.3, -0.25) is 4.90 Å². The molecule has 0 amide bonds. The molecule has 4 nitrogen and oxygen atoms in total. The number of aryl methyl sites for hydroxylation is 1. The fraction of sp³-hybridized carbons (Fsp3) is 0.471. The molecule has 1 fully saturated rings. The molecule has 1 aromatic carbocycles. The number of hydrogen-bond donors (Lipinski definition) is 1. The molecular formula is C17H23N3OS. The molecule has 1 aromatic heterocycles. The van der Waals surface area contributed by atoms with Gasteiger partial charge in [0, 0.05) is 37.6 Å². The zero-order valence-corrected chi connectivity index (χ0v) is 14.0. The predicted molar refractivity (Wildman–Crippen MR) is 90.4 cm³/mol. The van der Waals surface area contributed by atoms with E-state index >= 15 is 0 Å². The fourth-order valence-electron chi connectivity index (χ4n) is 2.74. The molecular weight excluding hydrogens is 294 g/mol. The van der Waals surface area contributed by atoms with Crippen LogP contribution in [0.1, 0.15) is 23.2 Å². The normalized spacial score (nSPS) is 19.3. The van der Waals surface area contributed by atoms with Crippen LogP contribution in [0, 0.1) is 6.92 Å². The summed E-state index contributed by atoms with van der Waals surface area (Å²) >= 11 is 1.66. The molecule has 118 valence electrons. The molecule has 3 rings (SSSR count). The van der Waals surface area contributed by atoms with Gasteiger partial charge in [-0.2, -0.15) is 0 Å². The molecule has 0 bridgehead atoms. The topological polar surface area (TPSA) is 37.4 Å². The van der Waals surface area contributed by atoms with Crippen LogP contribution >= 0.6 is 11.3 Å². The Kier molecular flexibility index (Phi) is 5.08. The lowest BCUT2D eigenvalue weighted by atomic mass is 10.1. The molecule has 1 aliphatic heterocycles. The van der Waals surface area contributed by atoms with Crippen LogP contribution < -0.4 is 10.1 Å². The number of benzene rings is 1. The summed E-state index contributed by atoms with van der Waals surface area (Å²) < 4.78 is 5.79. The Morgan fingerprint density at radius 2 is 2.18 bits per heavy atom. The Labute approximate surface area is 136 Å². The third-order valence-electron chi connectivity index (χ3n) is 3.84. The number of aromatic nitrogens is 1. The molecule has 1 saturated heterocycles. The summed E-state index contributed by atoms with van der Waals surface area (Å²) in [6.45, 7) is 9.11. The smallest absolute Gasteiger partial charge is 0.131 e. The Bertz CT molecular complexity index is 596. The van der Waals surface area contributed by atoms with Crippen molar-refractivity contribution in [2.75, 3.05) is 19.6 Å². The van der Waals surface area contributed by atoms with E-state index in [0.717, 1.165) is 42.6 Å². The van der Waals surface area contributed by atoms with E-state index in [1.807, 2.05) is 6.92 Å². The van der Waals surface area contributed by atoms with Crippen molar-refractivity contribution in [3.8, 4) is 5.75 Å². The Balaban J connectivity index is 1.51. The fourth-order valence-corrected chi connectivity index (χ4v) is 3.33. The second-order valence-electron chi connectivity index (χ2n) is 5.88. The zero-order chi connectivity index (χ0) is 15.4. The SMILES string of the molecule is Cc1nc(COc2ccc(CN3CCN[C@H](C)C3)cc2)cs1. The Morgan fingerprint density at radius 1 is 1.36 bits per heavy atom. The number of thiazole rings is 1. The highest BCUT2D eigenvalue weighted by Gasteiger charge is 2.15. The van der Waals surface area contributed by atoms with Crippen LogP contribution in [0.3, 0.4) is 0 Å². The van der Waals surface area contributed by atoms with E-state index in [-0.39, 0.29) is 0 Å². The Hall–Kier alpha value is -1.43. The molecule has 1 aliphatic rings. The molecule has 2 heterocycles. The van der Waals surface area contributed by atoms with Crippen molar-refractivity contribution in [2.45, 2.75) is 33.0 Å². The van der Waals surface area contributed by atoms with Crippen LogP contribution in [-0.4, -0.2) is 35.6 Å². The summed E-state index contributed by atoms with van der Waals surface area (Å²) in [5.74, 6) is 0.906. The number of ether oxygens (including phenoxy) is 1. The van der Waals surface area contributed by atoms with E-state index in [1.165, 1.54) is 5.56 Å². The van der Waals surface area contributed by atoms with E-state index in [0.29, 0.717) is 12.6 Å². The van der Waals surface area contributed by atoms with Gasteiger partial charge >= 0.3 is 0 Å². The number of hydrogen-bond acceptors (Lipinski definition) is 5. The molecule has 1 N–H and O–H groups in total. The first kappa shape index (κ1) is 15.5. The van der Waals surface area contributed by atoms with Gasteiger partial charge in [-0.1, -0.05) is 12.1 Å². The van der Waals surface area contributed by atoms with Gasteiger partial charge in [0.15, 0.2) is 0 Å². The van der Waals surface area contributed by atoms with Gasteiger partial charge in [0.2, 0.25) is 0 Å². The van der Waals surface area contributed by atoms with E-state index in [1.54, 1.807) is 11.3 Å². The molecule has 22 heavy (non-hydrogen) atoms. The van der Waals surface area contributed by atoms with Crippen LogP contribution in [-0.2, 0) is 13.2 Å². The summed E-state index contributed by atoms with van der Waals surface area (Å²) in [7, 11) is 0. The predicted octanol–water partition coefficient (Wildman–Crippen LogP) is 2.82. The molecule has 2 aromatic rings. The van der Waals surface area contributed by atoms with Gasteiger partial charge in [0.25, 0.3) is 0 Å². The van der Waals surface area contributed by atoms with Gasteiger partial charge in [0.1, 0.15) is 12.4 Å². The lowest BCUT2D eigenvalue weighted by Gasteiger charge is -2.31. The van der Waals surface area contributed by atoms with Crippen molar-refractivity contribution in [3.05, 3.63) is 45.9 Å². The Morgan fingerprint density at radius 3 is 2.86 bits per heavy atom. The largest absolute Gasteiger partial charge is 0.487 e. The molecule has 0 unspecified atom stereocenters. The van der Waals surface area contributed by atoms with Crippen LogP contribution in [0.2, 0.25) is 0 Å². The molecule has 5 heteroatoms. The highest BCUT2D eigenvalue weighted by molar-refractivity contribution is 7.09. The number of nitrogens with one attached hydrogen (secondary N) is 1. The minimum absolute atomic E-state index is 0.541. The molecule has 0 radical (unpaired) electrons. The van der Waals surface area contributed by atoms with E-state index in [4.69, 9.17) is 4.74 Å². The number of nitrogens with zero attached hydrogens (tertiary/aromatic N) is 2. The van der Waals surface area contributed by atoms with Gasteiger partial charge in [0.05, 0.1) is 10.7 Å². The standard InChI is InChI=1S/C17H23N3OS/c1-13-9-20(8-7-18-13)10-15-3-5-17(6-4-15)21-11-16-12-22-14(2)19-16/h3-6,12-13,18H,7-11H2,1-2H3/t13-/m1/s1. The maximum absolute atomic E-state index is 5.79. The minimum Gasteiger partial charge on any atom is -0.487 e. The van der Waals surface area contributed by atoms with Gasteiger partial charge in [-0.05, 0) is 31.5 Å². The second-order valence-corrected chi connectivity index (χ2v) is 6.94. The first-order valence-electron chi connectivity index (χ1n) is 7.77. The van der Waals surface area contributed by atoms with E-state index < -0.39 is 0 Å². The van der Waals surface area contributed by atoms with Crippen LogP contribution in [0.15, 0.2) is 29.6 Å². The van der Waals surface area contributed by atoms with Crippen LogP contribution in [0.25, 0.3) is 0 Å². The van der Waals surface area contributed by atoms with Crippen LogP contribution in [0.4, 0.5) is 0 Å². The van der Waals surface area contributed by atoms with Crippen molar-refractivity contribution in [1.29, 1.82) is 0 Å². The number of rotatable bonds is 5. The summed E-state index contributed by atoms with van der Waals surface area (Å²) in [4.78, 5) is 6.90. The molecule has 0 spiro atoms.